The van der Waals surface area contributed by atoms with Crippen molar-refractivity contribution in [2.24, 2.45) is 0 Å². The lowest BCUT2D eigenvalue weighted by atomic mass is 10.1. The Balaban J connectivity index is 1.43. The van der Waals surface area contributed by atoms with Crippen LogP contribution < -0.4 is 0 Å². The number of benzene rings is 1. The van der Waals surface area contributed by atoms with Gasteiger partial charge in [0.05, 0.1) is 30.1 Å². The van der Waals surface area contributed by atoms with Crippen LogP contribution in [0.15, 0.2) is 46.4 Å². The first-order valence-corrected chi connectivity index (χ1v) is 9.31. The molecule has 1 aliphatic rings. The maximum atomic E-state index is 14.0. The molecule has 3 heterocycles. The van der Waals surface area contributed by atoms with Crippen molar-refractivity contribution in [2.75, 3.05) is 19.7 Å². The van der Waals surface area contributed by atoms with E-state index in [1.54, 1.807) is 4.90 Å². The summed E-state index contributed by atoms with van der Waals surface area (Å²) in [5, 5.41) is 1.92. The van der Waals surface area contributed by atoms with Gasteiger partial charge >= 0.3 is 0 Å². The fourth-order valence-corrected chi connectivity index (χ4v) is 3.65. The minimum atomic E-state index is -0.675. The lowest BCUT2D eigenvalue weighted by Crippen LogP contribution is -2.43. The first-order chi connectivity index (χ1) is 13.1. The third kappa shape index (κ3) is 3.91. The number of hydrogen-bond acceptors (Lipinski definition) is 5. The van der Waals surface area contributed by atoms with Crippen molar-refractivity contribution in [3.8, 4) is 10.8 Å². The molecule has 0 bridgehead atoms. The lowest BCUT2D eigenvalue weighted by Gasteiger charge is -2.33. The highest BCUT2D eigenvalue weighted by molar-refractivity contribution is 7.13. The van der Waals surface area contributed by atoms with Gasteiger partial charge in [0.1, 0.15) is 24.0 Å². The molecule has 1 atom stereocenters. The van der Waals surface area contributed by atoms with Crippen molar-refractivity contribution >= 4 is 17.2 Å². The molecule has 3 aromatic rings. The van der Waals surface area contributed by atoms with Crippen LogP contribution in [0.2, 0.25) is 0 Å². The first-order valence-electron chi connectivity index (χ1n) is 8.43. The lowest BCUT2D eigenvalue weighted by molar-refractivity contribution is -0.138. The molecule has 1 fully saturated rings. The molecule has 0 N–H and O–H groups in total. The van der Waals surface area contributed by atoms with Crippen molar-refractivity contribution in [1.29, 1.82) is 0 Å². The summed E-state index contributed by atoms with van der Waals surface area (Å²) < 4.78 is 38.1. The molecule has 1 aliphatic heterocycles. The number of hydrogen-bond donors (Lipinski definition) is 0. The molecule has 27 heavy (non-hydrogen) atoms. The Morgan fingerprint density at radius 1 is 1.33 bits per heavy atom. The highest BCUT2D eigenvalue weighted by atomic mass is 32.1. The van der Waals surface area contributed by atoms with E-state index in [4.69, 9.17) is 9.15 Å². The fourth-order valence-electron chi connectivity index (χ4n) is 2.99. The Labute approximate surface area is 158 Å². The minimum absolute atomic E-state index is 0.0908. The minimum Gasteiger partial charge on any atom is -0.444 e. The van der Waals surface area contributed by atoms with Crippen LogP contribution in [-0.2, 0) is 16.0 Å². The van der Waals surface area contributed by atoms with E-state index in [0.29, 0.717) is 18.1 Å². The quantitative estimate of drug-likeness (QED) is 0.680. The summed E-state index contributed by atoms with van der Waals surface area (Å²) in [6.45, 7) is 0.900. The summed E-state index contributed by atoms with van der Waals surface area (Å²) in [5.74, 6) is -0.975. The van der Waals surface area contributed by atoms with Crippen molar-refractivity contribution in [1.82, 2.24) is 9.88 Å². The summed E-state index contributed by atoms with van der Waals surface area (Å²) in [5.41, 5.74) is 0.787. The second kappa shape index (κ2) is 7.58. The molecule has 140 valence electrons. The van der Waals surface area contributed by atoms with E-state index in [-0.39, 0.29) is 31.0 Å². The molecule has 1 amide bonds. The molecule has 1 aromatic carbocycles. The highest BCUT2D eigenvalue weighted by Crippen LogP contribution is 2.26. The summed E-state index contributed by atoms with van der Waals surface area (Å²) in [6, 6.07) is 7.16. The van der Waals surface area contributed by atoms with Crippen LogP contribution in [0.25, 0.3) is 10.8 Å². The van der Waals surface area contributed by atoms with Crippen molar-refractivity contribution in [3.63, 3.8) is 0 Å². The molecular formula is C19H16F2N2O3S. The second-order valence-corrected chi connectivity index (χ2v) is 7.11. The summed E-state index contributed by atoms with van der Waals surface area (Å²) in [4.78, 5) is 19.5. The monoisotopic (exact) mass is 390 g/mol. The van der Waals surface area contributed by atoms with Crippen LogP contribution in [0.5, 0.6) is 0 Å². The molecule has 4 rings (SSSR count). The van der Waals surface area contributed by atoms with E-state index in [0.717, 1.165) is 10.9 Å². The number of ether oxygens (including phenoxy) is 1. The standard InChI is InChI=1S/C19H16F2N2O3S/c20-12-3-4-14(15(21)8-12)16-10-23(5-6-25-16)18(24)9-13-11-26-19(22-13)17-2-1-7-27-17/h1-4,7-8,11,16H,5-6,9-10H2. The normalized spacial score (nSPS) is 17.3. The number of rotatable bonds is 4. The van der Waals surface area contributed by atoms with Crippen LogP contribution in [0.4, 0.5) is 8.78 Å². The van der Waals surface area contributed by atoms with Gasteiger partial charge in [-0.05, 0) is 17.5 Å². The number of thiophene rings is 1. The Hall–Kier alpha value is -2.58. The zero-order valence-corrected chi connectivity index (χ0v) is 15.0. The average molecular weight is 390 g/mol. The third-order valence-electron chi connectivity index (χ3n) is 4.34. The largest absolute Gasteiger partial charge is 0.444 e. The predicted octanol–water partition coefficient (Wildman–Crippen LogP) is 3.82. The number of oxazole rings is 1. The van der Waals surface area contributed by atoms with Gasteiger partial charge in [-0.15, -0.1) is 11.3 Å². The van der Waals surface area contributed by atoms with Gasteiger partial charge in [0.15, 0.2) is 0 Å². The number of aromatic nitrogens is 1. The van der Waals surface area contributed by atoms with E-state index < -0.39 is 17.7 Å². The molecule has 0 spiro atoms. The zero-order chi connectivity index (χ0) is 18.8. The van der Waals surface area contributed by atoms with Gasteiger partial charge in [0.25, 0.3) is 0 Å². The molecule has 2 aromatic heterocycles. The number of halogens is 2. The van der Waals surface area contributed by atoms with Gasteiger partial charge in [-0.2, -0.15) is 0 Å². The predicted molar refractivity (Wildman–Crippen MR) is 95.2 cm³/mol. The van der Waals surface area contributed by atoms with Crippen LogP contribution in [0.3, 0.4) is 0 Å². The summed E-state index contributed by atoms with van der Waals surface area (Å²) in [7, 11) is 0. The average Bonchev–Trinajstić information content (AvgIpc) is 3.33. The van der Waals surface area contributed by atoms with Crippen molar-refractivity contribution in [3.05, 3.63) is 64.9 Å². The van der Waals surface area contributed by atoms with Gasteiger partial charge in [0, 0.05) is 18.2 Å². The molecule has 0 aliphatic carbocycles. The van der Waals surface area contributed by atoms with E-state index in [2.05, 4.69) is 4.98 Å². The molecule has 0 saturated carbocycles. The fraction of sp³-hybridized carbons (Fsp3) is 0.263. The topological polar surface area (TPSA) is 55.6 Å². The van der Waals surface area contributed by atoms with Crippen molar-refractivity contribution in [2.45, 2.75) is 12.5 Å². The number of carbonyl (C=O) groups excluding carboxylic acids is 1. The maximum Gasteiger partial charge on any atom is 0.236 e. The molecule has 0 radical (unpaired) electrons. The van der Waals surface area contributed by atoms with E-state index in [1.165, 1.54) is 29.7 Å². The zero-order valence-electron chi connectivity index (χ0n) is 14.2. The Morgan fingerprint density at radius 2 is 2.22 bits per heavy atom. The van der Waals surface area contributed by atoms with Crippen molar-refractivity contribution < 1.29 is 22.7 Å². The van der Waals surface area contributed by atoms with Gasteiger partial charge in [-0.25, -0.2) is 13.8 Å². The maximum absolute atomic E-state index is 14.0. The van der Waals surface area contributed by atoms with Gasteiger partial charge in [0.2, 0.25) is 11.8 Å². The van der Waals surface area contributed by atoms with E-state index in [1.807, 2.05) is 17.5 Å². The SMILES string of the molecule is O=C(Cc1coc(-c2cccs2)n1)N1CCOC(c2ccc(F)cc2F)C1. The summed E-state index contributed by atoms with van der Waals surface area (Å²) >= 11 is 1.51. The Morgan fingerprint density at radius 3 is 3.00 bits per heavy atom. The molecule has 8 heteroatoms. The third-order valence-corrected chi connectivity index (χ3v) is 5.20. The Kier molecular flexibility index (Phi) is 5.00. The summed E-state index contributed by atoms with van der Waals surface area (Å²) in [6.07, 6.45) is 0.945. The van der Waals surface area contributed by atoms with Gasteiger partial charge in [-0.1, -0.05) is 12.1 Å². The van der Waals surface area contributed by atoms with Gasteiger partial charge < -0.3 is 14.1 Å². The molecular weight excluding hydrogens is 374 g/mol. The van der Waals surface area contributed by atoms with Crippen LogP contribution in [0.1, 0.15) is 17.4 Å². The number of morpholine rings is 1. The molecule has 5 nitrogen and oxygen atoms in total. The molecule has 1 saturated heterocycles. The van der Waals surface area contributed by atoms with Crippen LogP contribution in [-0.4, -0.2) is 35.5 Å². The van der Waals surface area contributed by atoms with E-state index in [9.17, 15) is 13.6 Å². The Bertz CT molecular complexity index is 942. The number of carbonyl (C=O) groups is 1. The van der Waals surface area contributed by atoms with Gasteiger partial charge in [-0.3, -0.25) is 4.79 Å². The molecule has 1 unspecified atom stereocenters. The second-order valence-electron chi connectivity index (χ2n) is 6.16. The number of nitrogens with zero attached hydrogens (tertiary/aromatic N) is 2. The first kappa shape index (κ1) is 17.8. The van der Waals surface area contributed by atoms with E-state index >= 15 is 0 Å². The number of amides is 1. The van der Waals surface area contributed by atoms with Crippen LogP contribution >= 0.6 is 11.3 Å². The highest BCUT2D eigenvalue weighted by Gasteiger charge is 2.28. The van der Waals surface area contributed by atoms with Crippen LogP contribution in [0, 0.1) is 11.6 Å². The smallest absolute Gasteiger partial charge is 0.236 e.